The fourth-order valence-electron chi connectivity index (χ4n) is 6.95. The van der Waals surface area contributed by atoms with Crippen molar-refractivity contribution in [3.05, 3.63) is 0 Å². The van der Waals surface area contributed by atoms with Crippen LogP contribution in [-0.4, -0.2) is 127 Å². The number of carbonyl (C=O) groups excluding carboxylic acids is 2. The monoisotopic (exact) mass is 631 g/mol. The second kappa shape index (κ2) is 14.2. The molecule has 9 unspecified atom stereocenters. The Balaban J connectivity index is 1.69. The van der Waals surface area contributed by atoms with Crippen molar-refractivity contribution < 1.29 is 58.1 Å². The number of hydrogen-bond acceptors (Lipinski definition) is 13. The van der Waals surface area contributed by atoms with Crippen molar-refractivity contribution in [2.45, 2.75) is 128 Å². The van der Waals surface area contributed by atoms with E-state index in [0.29, 0.717) is 6.42 Å². The fraction of sp³-hybridized carbons (Fsp3) is 0.935. The van der Waals surface area contributed by atoms with Crippen LogP contribution in [0.15, 0.2) is 0 Å². The summed E-state index contributed by atoms with van der Waals surface area (Å²) in [4.78, 5) is 28.9. The number of esters is 1. The molecule has 0 aromatic carbocycles. The van der Waals surface area contributed by atoms with Crippen LogP contribution in [0.3, 0.4) is 0 Å². The standard InChI is InChI=1S/C31H53NO12/c1-14-11-31(37)27(43-30-26(44-31)21(32(8)9)10-16(3)41-30)18(5)24(40-13-39-20(7)25-29(36)42-25)19(6)28(35)38-12-15(2)23(34)17(4)22(14)33/h14-21,23-27,29-30,34,36-37H,10-13H2,1-9H3/t14-,15+,16?,17?,18+,19?,20?,21?,23?,24+,25?,26?,27-,29?,30+,31+/m1/s1. The fourth-order valence-corrected chi connectivity index (χ4v) is 6.95. The smallest absolute Gasteiger partial charge is 0.311 e. The number of carbonyl (C=O) groups is 2. The lowest BCUT2D eigenvalue weighted by Crippen LogP contribution is -2.68. The number of aliphatic hydroxyl groups is 3. The van der Waals surface area contributed by atoms with Gasteiger partial charge in [-0.1, -0.05) is 27.7 Å². The third-order valence-electron chi connectivity index (χ3n) is 9.85. The molecule has 0 aromatic heterocycles. The maximum atomic E-state index is 13.6. The Morgan fingerprint density at radius 2 is 1.68 bits per heavy atom. The minimum Gasteiger partial charge on any atom is -0.465 e. The van der Waals surface area contributed by atoms with Crippen molar-refractivity contribution in [2.75, 3.05) is 27.5 Å². The molecule has 16 atom stereocenters. The normalized spacial score (nSPS) is 48.1. The zero-order valence-electron chi connectivity index (χ0n) is 27.5. The van der Waals surface area contributed by atoms with Crippen LogP contribution in [0.25, 0.3) is 0 Å². The first-order valence-electron chi connectivity index (χ1n) is 15.9. The Labute approximate surface area is 260 Å². The molecule has 4 saturated heterocycles. The van der Waals surface area contributed by atoms with E-state index in [9.17, 15) is 24.9 Å². The van der Waals surface area contributed by atoms with E-state index in [0.717, 1.165) is 0 Å². The lowest BCUT2D eigenvalue weighted by atomic mass is 9.78. The molecular weight excluding hydrogens is 578 g/mol. The van der Waals surface area contributed by atoms with Gasteiger partial charge in [-0.15, -0.1) is 0 Å². The number of nitrogens with zero attached hydrogens (tertiary/aromatic N) is 1. The SMILES string of the molecule is CC1CC(N(C)C)C2O[C@@]3(O)C[C@@H](C)C(=O)C(C)C(O)[C@@H](C)COC(=O)C(C)[C@@H](OCOC(C)C4OC4O)[C@H](C)[C@H]3O[C@@H]2O1. The third kappa shape index (κ3) is 7.64. The van der Waals surface area contributed by atoms with Gasteiger partial charge in [-0.3, -0.25) is 9.59 Å². The van der Waals surface area contributed by atoms with Crippen molar-refractivity contribution in [2.24, 2.45) is 29.6 Å². The molecule has 4 heterocycles. The molecule has 0 aromatic rings. The van der Waals surface area contributed by atoms with Crippen LogP contribution in [0.5, 0.6) is 0 Å². The van der Waals surface area contributed by atoms with E-state index >= 15 is 0 Å². The Morgan fingerprint density at radius 3 is 2.30 bits per heavy atom. The van der Waals surface area contributed by atoms with Gasteiger partial charge in [0, 0.05) is 36.1 Å². The molecule has 3 N–H and O–H groups in total. The maximum absolute atomic E-state index is 13.6. The first-order valence-corrected chi connectivity index (χ1v) is 15.9. The highest BCUT2D eigenvalue weighted by atomic mass is 16.8. The van der Waals surface area contributed by atoms with Crippen molar-refractivity contribution in [1.82, 2.24) is 4.90 Å². The van der Waals surface area contributed by atoms with Crippen molar-refractivity contribution >= 4 is 11.8 Å². The van der Waals surface area contributed by atoms with E-state index in [1.165, 1.54) is 0 Å². The van der Waals surface area contributed by atoms with Crippen LogP contribution in [0, 0.1) is 29.6 Å². The number of rotatable bonds is 6. The average Bonchev–Trinajstić information content (AvgIpc) is 3.71. The summed E-state index contributed by atoms with van der Waals surface area (Å²) in [5, 5.41) is 32.9. The molecule has 0 aliphatic carbocycles. The van der Waals surface area contributed by atoms with Crippen molar-refractivity contribution in [1.29, 1.82) is 0 Å². The first-order chi connectivity index (χ1) is 20.6. The van der Waals surface area contributed by atoms with Crippen LogP contribution < -0.4 is 0 Å². The molecule has 44 heavy (non-hydrogen) atoms. The molecule has 13 nitrogen and oxygen atoms in total. The number of hydrogen-bond donors (Lipinski definition) is 3. The average molecular weight is 632 g/mol. The molecule has 0 amide bonds. The lowest BCUT2D eigenvalue weighted by Gasteiger charge is -2.55. The summed E-state index contributed by atoms with van der Waals surface area (Å²) < 4.78 is 41.9. The number of epoxide rings is 1. The Hall–Kier alpha value is -1.26. The van der Waals surface area contributed by atoms with Gasteiger partial charge in [0.1, 0.15) is 30.9 Å². The van der Waals surface area contributed by atoms with Gasteiger partial charge >= 0.3 is 5.97 Å². The van der Waals surface area contributed by atoms with Gasteiger partial charge in [-0.2, -0.15) is 0 Å². The number of ketones is 1. The van der Waals surface area contributed by atoms with Crippen LogP contribution in [0.1, 0.15) is 61.3 Å². The van der Waals surface area contributed by atoms with Gasteiger partial charge in [-0.05, 0) is 41.3 Å². The number of aliphatic hydroxyl groups excluding tert-OH is 2. The molecule has 4 aliphatic rings. The van der Waals surface area contributed by atoms with Crippen LogP contribution in [0.2, 0.25) is 0 Å². The molecule has 4 rings (SSSR count). The van der Waals surface area contributed by atoms with E-state index in [1.54, 1.807) is 41.5 Å². The number of cyclic esters (lactones) is 1. The quantitative estimate of drug-likeness (QED) is 0.217. The van der Waals surface area contributed by atoms with Gasteiger partial charge < -0.3 is 53.4 Å². The molecule has 13 heteroatoms. The third-order valence-corrected chi connectivity index (χ3v) is 9.85. The molecule has 0 bridgehead atoms. The van der Waals surface area contributed by atoms with Crippen LogP contribution >= 0.6 is 0 Å². The summed E-state index contributed by atoms with van der Waals surface area (Å²) in [7, 11) is 3.85. The predicted octanol–water partition coefficient (Wildman–Crippen LogP) is 1.05. The summed E-state index contributed by atoms with van der Waals surface area (Å²) in [5.41, 5.74) is 0. The maximum Gasteiger partial charge on any atom is 0.311 e. The summed E-state index contributed by atoms with van der Waals surface area (Å²) in [6.07, 6.45) is -5.96. The Morgan fingerprint density at radius 1 is 1.02 bits per heavy atom. The molecule has 0 spiro atoms. The molecule has 4 fully saturated rings. The summed E-state index contributed by atoms with van der Waals surface area (Å²) >= 11 is 0. The molecule has 0 radical (unpaired) electrons. The first kappa shape index (κ1) is 35.6. The van der Waals surface area contributed by atoms with E-state index in [4.69, 9.17) is 33.2 Å². The van der Waals surface area contributed by atoms with Crippen molar-refractivity contribution in [3.63, 3.8) is 0 Å². The van der Waals surface area contributed by atoms with Gasteiger partial charge in [0.15, 0.2) is 18.4 Å². The van der Waals surface area contributed by atoms with Gasteiger partial charge in [-0.25, -0.2) is 0 Å². The summed E-state index contributed by atoms with van der Waals surface area (Å²) in [6.45, 7) is 11.9. The number of likely N-dealkylation sites (N-methyl/N-ethyl adjacent to an activating group) is 1. The van der Waals surface area contributed by atoms with E-state index in [2.05, 4.69) is 0 Å². The van der Waals surface area contributed by atoms with E-state index < -0.39 is 90.5 Å². The van der Waals surface area contributed by atoms with Crippen LogP contribution in [0.4, 0.5) is 0 Å². The topological polar surface area (TPSA) is 166 Å². The molecular formula is C31H53NO12. The predicted molar refractivity (Wildman–Crippen MR) is 155 cm³/mol. The zero-order chi connectivity index (χ0) is 32.7. The number of Topliss-reactive ketones (excluding diaryl/α,β-unsaturated/α-hetero) is 1. The largest absolute Gasteiger partial charge is 0.465 e. The Bertz CT molecular complexity index is 999. The van der Waals surface area contributed by atoms with Crippen LogP contribution in [-0.2, 0) is 42.7 Å². The second-order valence-electron chi connectivity index (χ2n) is 13.7. The highest BCUT2D eigenvalue weighted by Crippen LogP contribution is 2.44. The summed E-state index contributed by atoms with van der Waals surface area (Å²) in [5.74, 6) is -6.32. The number of fused-ring (bicyclic) bond motifs is 2. The minimum atomic E-state index is -1.97. The van der Waals surface area contributed by atoms with Crippen molar-refractivity contribution in [3.8, 4) is 0 Å². The van der Waals surface area contributed by atoms with Gasteiger partial charge in [0.2, 0.25) is 0 Å². The lowest BCUT2D eigenvalue weighted by molar-refractivity contribution is -0.424. The minimum absolute atomic E-state index is 0.0870. The number of ether oxygens (including phenoxy) is 7. The van der Waals surface area contributed by atoms with Gasteiger partial charge in [0.25, 0.3) is 0 Å². The van der Waals surface area contributed by atoms with E-state index in [1.807, 2.05) is 25.9 Å². The molecule has 4 aliphatic heterocycles. The molecule has 254 valence electrons. The van der Waals surface area contributed by atoms with Gasteiger partial charge in [0.05, 0.1) is 36.9 Å². The second-order valence-corrected chi connectivity index (χ2v) is 13.7. The van der Waals surface area contributed by atoms with E-state index in [-0.39, 0.29) is 37.7 Å². The highest BCUT2D eigenvalue weighted by Gasteiger charge is 2.58. The highest BCUT2D eigenvalue weighted by molar-refractivity contribution is 5.83. The summed E-state index contributed by atoms with van der Waals surface area (Å²) in [6, 6.07) is -0.138. The molecule has 0 saturated carbocycles. The Kier molecular flexibility index (Phi) is 11.5. The zero-order valence-corrected chi connectivity index (χ0v) is 27.5.